The Morgan fingerprint density at radius 2 is 2.36 bits per heavy atom. The number of hydrogen-bond donors (Lipinski definition) is 2. The van der Waals surface area contributed by atoms with Gasteiger partial charge in [-0.2, -0.15) is 5.26 Å². The van der Waals surface area contributed by atoms with Crippen LogP contribution in [0.25, 0.3) is 0 Å². The number of nitriles is 1. The number of aliphatic hydroxyl groups excluding tert-OH is 1. The zero-order chi connectivity index (χ0) is 8.27. The molecule has 11 heavy (non-hydrogen) atoms. The van der Waals surface area contributed by atoms with Gasteiger partial charge in [-0.05, 0) is 19.3 Å². The Balaban J connectivity index is 2.16. The summed E-state index contributed by atoms with van der Waals surface area (Å²) in [6, 6.07) is 2.51. The topological polar surface area (TPSA) is 56.0 Å². The quantitative estimate of drug-likeness (QED) is 0.618. The Labute approximate surface area is 67.0 Å². The maximum Gasteiger partial charge on any atom is 0.0952 e. The van der Waals surface area contributed by atoms with Crippen LogP contribution in [0.4, 0.5) is 0 Å². The van der Waals surface area contributed by atoms with Crippen molar-refractivity contribution in [1.29, 1.82) is 5.26 Å². The van der Waals surface area contributed by atoms with Gasteiger partial charge >= 0.3 is 0 Å². The zero-order valence-corrected chi connectivity index (χ0v) is 6.75. The molecule has 3 nitrogen and oxygen atoms in total. The van der Waals surface area contributed by atoms with E-state index in [9.17, 15) is 0 Å². The number of hydrogen-bond acceptors (Lipinski definition) is 3. The van der Waals surface area contributed by atoms with Crippen molar-refractivity contribution in [2.75, 3.05) is 0 Å². The lowest BCUT2D eigenvalue weighted by molar-refractivity contribution is 0.0601. The first-order valence-corrected chi connectivity index (χ1v) is 4.10. The van der Waals surface area contributed by atoms with Crippen LogP contribution in [0.5, 0.6) is 0 Å². The predicted molar refractivity (Wildman–Crippen MR) is 41.9 cm³/mol. The van der Waals surface area contributed by atoms with Crippen molar-refractivity contribution in [2.24, 2.45) is 0 Å². The molecule has 1 saturated carbocycles. The highest BCUT2D eigenvalue weighted by atomic mass is 16.3. The lowest BCUT2D eigenvalue weighted by Gasteiger charge is -2.33. The minimum absolute atomic E-state index is 0.0347. The molecule has 2 N–H and O–H groups in total. The molecule has 0 heterocycles. The molecule has 1 rings (SSSR count). The lowest BCUT2D eigenvalue weighted by Crippen LogP contribution is -2.47. The zero-order valence-electron chi connectivity index (χ0n) is 6.75. The van der Waals surface area contributed by atoms with E-state index in [0.717, 1.165) is 19.3 Å². The molecular weight excluding hydrogens is 140 g/mol. The van der Waals surface area contributed by atoms with Crippen molar-refractivity contribution in [3.63, 3.8) is 0 Å². The molecule has 0 amide bonds. The normalized spacial score (nSPS) is 32.1. The van der Waals surface area contributed by atoms with Gasteiger partial charge in [-0.1, -0.05) is 6.92 Å². The van der Waals surface area contributed by atoms with E-state index in [-0.39, 0.29) is 12.1 Å². The molecule has 0 spiro atoms. The minimum Gasteiger partial charge on any atom is -0.393 e. The number of aliphatic hydroxyl groups is 1. The van der Waals surface area contributed by atoms with Crippen molar-refractivity contribution in [3.05, 3.63) is 0 Å². The fourth-order valence-corrected chi connectivity index (χ4v) is 1.25. The van der Waals surface area contributed by atoms with Crippen molar-refractivity contribution in [1.82, 2.24) is 5.32 Å². The van der Waals surface area contributed by atoms with Gasteiger partial charge in [-0.3, -0.25) is 5.32 Å². The average Bonchev–Trinajstić information content (AvgIpc) is 1.96. The molecular formula is C8H14N2O. The molecule has 0 aromatic carbocycles. The molecule has 3 heteroatoms. The highest BCUT2D eigenvalue weighted by Crippen LogP contribution is 2.19. The van der Waals surface area contributed by atoms with Crippen molar-refractivity contribution in [2.45, 2.75) is 44.4 Å². The molecule has 1 atom stereocenters. The van der Waals surface area contributed by atoms with Gasteiger partial charge in [0.2, 0.25) is 0 Å². The van der Waals surface area contributed by atoms with Crippen LogP contribution in [0, 0.1) is 11.3 Å². The van der Waals surface area contributed by atoms with E-state index in [4.69, 9.17) is 10.4 Å². The Bertz CT molecular complexity index is 158. The third-order valence-electron chi connectivity index (χ3n) is 2.11. The highest BCUT2D eigenvalue weighted by molar-refractivity contribution is 4.95. The first-order chi connectivity index (χ1) is 5.26. The lowest BCUT2D eigenvalue weighted by atomic mass is 9.89. The molecule has 0 radical (unpaired) electrons. The Kier molecular flexibility index (Phi) is 2.86. The van der Waals surface area contributed by atoms with E-state index in [0.29, 0.717) is 6.04 Å². The van der Waals surface area contributed by atoms with E-state index in [1.807, 2.05) is 6.92 Å². The van der Waals surface area contributed by atoms with E-state index in [1.165, 1.54) is 0 Å². The predicted octanol–water partition coefficient (Wildman–Crippen LogP) is 0.401. The summed E-state index contributed by atoms with van der Waals surface area (Å²) in [6.07, 6.45) is 2.31. The molecule has 0 aliphatic heterocycles. The van der Waals surface area contributed by atoms with Crippen LogP contribution in [0.2, 0.25) is 0 Å². The maximum absolute atomic E-state index is 8.95. The fraction of sp³-hybridized carbons (Fsp3) is 0.875. The highest BCUT2D eigenvalue weighted by Gasteiger charge is 2.28. The van der Waals surface area contributed by atoms with Crippen LogP contribution in [-0.4, -0.2) is 23.3 Å². The Morgan fingerprint density at radius 3 is 2.73 bits per heavy atom. The standard InChI is InChI=1S/C8H14N2O/c1-2-6(5-9)10-7-3-8(11)4-7/h6-8,10-11H,2-4H2,1H3. The van der Waals surface area contributed by atoms with E-state index in [2.05, 4.69) is 11.4 Å². The summed E-state index contributed by atoms with van der Waals surface area (Å²) in [4.78, 5) is 0. The largest absolute Gasteiger partial charge is 0.393 e. The third-order valence-corrected chi connectivity index (χ3v) is 2.11. The summed E-state index contributed by atoms with van der Waals surface area (Å²) in [5.41, 5.74) is 0. The molecule has 1 aliphatic carbocycles. The van der Waals surface area contributed by atoms with Gasteiger partial charge in [0, 0.05) is 6.04 Å². The summed E-state index contributed by atoms with van der Waals surface area (Å²) in [5.74, 6) is 0. The van der Waals surface area contributed by atoms with E-state index in [1.54, 1.807) is 0 Å². The van der Waals surface area contributed by atoms with Crippen LogP contribution in [0.15, 0.2) is 0 Å². The average molecular weight is 154 g/mol. The van der Waals surface area contributed by atoms with Gasteiger partial charge in [0.1, 0.15) is 0 Å². The number of rotatable bonds is 3. The molecule has 62 valence electrons. The van der Waals surface area contributed by atoms with Crippen LogP contribution in [0.3, 0.4) is 0 Å². The molecule has 0 bridgehead atoms. The third kappa shape index (κ3) is 2.18. The van der Waals surface area contributed by atoms with Gasteiger partial charge in [0.25, 0.3) is 0 Å². The summed E-state index contributed by atoms with van der Waals surface area (Å²) in [7, 11) is 0. The minimum atomic E-state index is -0.135. The smallest absolute Gasteiger partial charge is 0.0952 e. The molecule has 0 aromatic heterocycles. The molecule has 1 fully saturated rings. The second-order valence-electron chi connectivity index (χ2n) is 3.08. The van der Waals surface area contributed by atoms with Crippen LogP contribution in [-0.2, 0) is 0 Å². The van der Waals surface area contributed by atoms with Crippen molar-refractivity contribution < 1.29 is 5.11 Å². The van der Waals surface area contributed by atoms with Gasteiger partial charge < -0.3 is 5.11 Å². The second-order valence-corrected chi connectivity index (χ2v) is 3.08. The van der Waals surface area contributed by atoms with E-state index >= 15 is 0 Å². The summed E-state index contributed by atoms with van der Waals surface area (Å²) >= 11 is 0. The van der Waals surface area contributed by atoms with Crippen LogP contribution >= 0.6 is 0 Å². The maximum atomic E-state index is 8.95. The SMILES string of the molecule is CCC(C#N)NC1CC(O)C1. The van der Waals surface area contributed by atoms with Crippen LogP contribution in [0.1, 0.15) is 26.2 Å². The van der Waals surface area contributed by atoms with Crippen molar-refractivity contribution in [3.8, 4) is 6.07 Å². The van der Waals surface area contributed by atoms with E-state index < -0.39 is 0 Å². The number of nitrogens with zero attached hydrogens (tertiary/aromatic N) is 1. The monoisotopic (exact) mass is 154 g/mol. The summed E-state index contributed by atoms with van der Waals surface area (Å²) in [6.45, 7) is 1.98. The molecule has 0 aromatic rings. The van der Waals surface area contributed by atoms with Crippen molar-refractivity contribution >= 4 is 0 Å². The molecule has 0 saturated heterocycles. The van der Waals surface area contributed by atoms with Gasteiger partial charge in [0.15, 0.2) is 0 Å². The summed E-state index contributed by atoms with van der Waals surface area (Å²) < 4.78 is 0. The van der Waals surface area contributed by atoms with Crippen LogP contribution < -0.4 is 5.32 Å². The first kappa shape index (κ1) is 8.51. The first-order valence-electron chi connectivity index (χ1n) is 4.10. The number of nitrogens with one attached hydrogen (secondary N) is 1. The molecule has 1 unspecified atom stereocenters. The Morgan fingerprint density at radius 1 is 1.73 bits per heavy atom. The molecule has 1 aliphatic rings. The Hall–Kier alpha value is -0.590. The van der Waals surface area contributed by atoms with Gasteiger partial charge in [-0.25, -0.2) is 0 Å². The van der Waals surface area contributed by atoms with Gasteiger partial charge in [-0.15, -0.1) is 0 Å². The fourth-order valence-electron chi connectivity index (χ4n) is 1.25. The second kappa shape index (κ2) is 3.70. The summed E-state index contributed by atoms with van der Waals surface area (Å²) in [5, 5.41) is 20.7. The van der Waals surface area contributed by atoms with Gasteiger partial charge in [0.05, 0.1) is 18.2 Å².